The van der Waals surface area contributed by atoms with E-state index in [-0.39, 0.29) is 11.7 Å². The molecule has 1 aromatic rings. The van der Waals surface area contributed by atoms with Crippen LogP contribution in [-0.4, -0.2) is 23.4 Å². The predicted octanol–water partition coefficient (Wildman–Crippen LogP) is 3.16. The maximum absolute atomic E-state index is 14.3. The molecule has 2 fully saturated rings. The Bertz CT molecular complexity index is 546. The summed E-state index contributed by atoms with van der Waals surface area (Å²) in [6.07, 6.45) is 3.22. The lowest BCUT2D eigenvalue weighted by Gasteiger charge is -2.22. The Hall–Kier alpha value is -1.13. The van der Waals surface area contributed by atoms with E-state index in [1.54, 1.807) is 24.9 Å². The first kappa shape index (κ1) is 13.8. The largest absolute Gasteiger partial charge is 0.324 e. The number of nitrogens with zero attached hydrogens (tertiary/aromatic N) is 1. The van der Waals surface area contributed by atoms with Gasteiger partial charge in [0.2, 0.25) is 5.91 Å². The van der Waals surface area contributed by atoms with Crippen molar-refractivity contribution in [2.24, 2.45) is 0 Å². The van der Waals surface area contributed by atoms with Gasteiger partial charge in [-0.3, -0.25) is 10.1 Å². The molecule has 2 aliphatic rings. The molecule has 1 N–H and O–H groups in total. The van der Waals surface area contributed by atoms with Crippen molar-refractivity contribution in [1.29, 1.82) is 0 Å². The van der Waals surface area contributed by atoms with Gasteiger partial charge in [-0.25, -0.2) is 4.39 Å². The lowest BCUT2D eigenvalue weighted by molar-refractivity contribution is -0.132. The maximum Gasteiger partial charge on any atom is 0.244 e. The van der Waals surface area contributed by atoms with Crippen LogP contribution in [0.4, 0.5) is 4.39 Å². The van der Waals surface area contributed by atoms with E-state index in [9.17, 15) is 9.18 Å². The summed E-state index contributed by atoms with van der Waals surface area (Å²) >= 11 is 6.21. The zero-order valence-corrected chi connectivity index (χ0v) is 12.4. The smallest absolute Gasteiger partial charge is 0.244 e. The molecule has 0 aromatic heterocycles. The summed E-state index contributed by atoms with van der Waals surface area (Å²) in [5.41, 5.74) is 0.635. The van der Waals surface area contributed by atoms with Crippen LogP contribution < -0.4 is 5.32 Å². The summed E-state index contributed by atoms with van der Waals surface area (Å²) in [7, 11) is 1.71. The van der Waals surface area contributed by atoms with E-state index in [1.165, 1.54) is 6.07 Å². The number of halogens is 2. The summed E-state index contributed by atoms with van der Waals surface area (Å²) in [6, 6.07) is 3.19. The number of likely N-dealkylation sites (N-methyl/N-ethyl adjacent to an activating group) is 1. The highest BCUT2D eigenvalue weighted by atomic mass is 35.5. The molecule has 1 aliphatic heterocycles. The third-order valence-corrected chi connectivity index (χ3v) is 4.80. The van der Waals surface area contributed by atoms with Crippen molar-refractivity contribution in [2.75, 3.05) is 7.05 Å². The Kier molecular flexibility index (Phi) is 3.26. The van der Waals surface area contributed by atoms with Gasteiger partial charge in [-0.2, -0.15) is 0 Å². The monoisotopic (exact) mass is 296 g/mol. The highest BCUT2D eigenvalue weighted by Gasteiger charge is 2.52. The molecule has 1 unspecified atom stereocenters. The van der Waals surface area contributed by atoms with Gasteiger partial charge in [0.15, 0.2) is 0 Å². The number of benzene rings is 1. The predicted molar refractivity (Wildman–Crippen MR) is 76.0 cm³/mol. The Morgan fingerprint density at radius 1 is 1.40 bits per heavy atom. The fourth-order valence-corrected chi connectivity index (χ4v) is 3.82. The number of carbonyl (C=O) groups excluding carboxylic acids is 1. The number of hydrogen-bond donors (Lipinski definition) is 1. The first-order chi connectivity index (χ1) is 9.44. The van der Waals surface area contributed by atoms with Gasteiger partial charge in [-0.05, 0) is 37.5 Å². The molecular weight excluding hydrogens is 279 g/mol. The molecule has 5 heteroatoms. The molecule has 1 saturated carbocycles. The van der Waals surface area contributed by atoms with E-state index in [0.29, 0.717) is 10.6 Å². The van der Waals surface area contributed by atoms with Gasteiger partial charge in [-0.15, -0.1) is 0 Å². The molecule has 1 atom stereocenters. The third kappa shape index (κ3) is 1.93. The molecule has 3 nitrogen and oxygen atoms in total. The van der Waals surface area contributed by atoms with E-state index in [0.717, 1.165) is 31.2 Å². The second kappa shape index (κ2) is 4.71. The molecular formula is C15H18ClFN2O. The van der Waals surface area contributed by atoms with Gasteiger partial charge in [0.1, 0.15) is 12.0 Å². The zero-order chi connectivity index (χ0) is 14.5. The van der Waals surface area contributed by atoms with Crippen LogP contribution in [0.1, 0.15) is 43.0 Å². The minimum atomic E-state index is -0.514. The average molecular weight is 297 g/mol. The Balaban J connectivity index is 2.02. The second-order valence-electron chi connectivity index (χ2n) is 5.89. The summed E-state index contributed by atoms with van der Waals surface area (Å²) < 4.78 is 14.3. The number of nitrogens with one attached hydrogen (secondary N) is 1. The molecule has 1 spiro atoms. The number of hydrogen-bond acceptors (Lipinski definition) is 2. The van der Waals surface area contributed by atoms with Gasteiger partial charge in [-0.1, -0.05) is 24.4 Å². The van der Waals surface area contributed by atoms with Crippen LogP contribution >= 0.6 is 11.6 Å². The van der Waals surface area contributed by atoms with E-state index < -0.39 is 11.7 Å². The van der Waals surface area contributed by atoms with Crippen molar-refractivity contribution >= 4 is 17.5 Å². The zero-order valence-electron chi connectivity index (χ0n) is 11.7. The van der Waals surface area contributed by atoms with Crippen LogP contribution in [-0.2, 0) is 4.79 Å². The topological polar surface area (TPSA) is 32.3 Å². The average Bonchev–Trinajstić information content (AvgIpc) is 2.92. The number of amides is 1. The van der Waals surface area contributed by atoms with Gasteiger partial charge >= 0.3 is 0 Å². The van der Waals surface area contributed by atoms with Gasteiger partial charge in [0, 0.05) is 12.6 Å². The Labute approximate surface area is 123 Å². The van der Waals surface area contributed by atoms with E-state index in [2.05, 4.69) is 5.32 Å². The molecule has 0 bridgehead atoms. The van der Waals surface area contributed by atoms with Crippen LogP contribution in [0.2, 0.25) is 5.02 Å². The first-order valence-corrected chi connectivity index (χ1v) is 7.33. The van der Waals surface area contributed by atoms with Crippen molar-refractivity contribution in [3.05, 3.63) is 34.1 Å². The minimum Gasteiger partial charge on any atom is -0.324 e. The minimum absolute atomic E-state index is 0.0519. The number of rotatable bonds is 1. The first-order valence-electron chi connectivity index (χ1n) is 6.95. The van der Waals surface area contributed by atoms with Crippen LogP contribution in [0, 0.1) is 12.7 Å². The number of carbonyl (C=O) groups is 1. The number of aryl methyl sites for hydroxylation is 1. The lowest BCUT2D eigenvalue weighted by Crippen LogP contribution is -2.43. The lowest BCUT2D eigenvalue weighted by atomic mass is 9.98. The molecule has 1 amide bonds. The van der Waals surface area contributed by atoms with Gasteiger partial charge < -0.3 is 4.90 Å². The molecule has 108 valence electrons. The normalized spacial score (nSPS) is 24.9. The summed E-state index contributed by atoms with van der Waals surface area (Å²) in [6.45, 7) is 1.80. The molecule has 1 aromatic carbocycles. The van der Waals surface area contributed by atoms with E-state index in [4.69, 9.17) is 11.6 Å². The Morgan fingerprint density at radius 3 is 2.65 bits per heavy atom. The van der Waals surface area contributed by atoms with Crippen molar-refractivity contribution in [2.45, 2.75) is 44.3 Å². The SMILES string of the molecule is Cc1cc(F)c(C2NC3(CCCC3)C(=O)N2C)c(Cl)c1. The van der Waals surface area contributed by atoms with Gasteiger partial charge in [0.25, 0.3) is 0 Å². The summed E-state index contributed by atoms with van der Waals surface area (Å²) in [5, 5.41) is 3.71. The molecule has 1 saturated heterocycles. The van der Waals surface area contributed by atoms with Crippen LogP contribution in [0.3, 0.4) is 0 Å². The highest BCUT2D eigenvalue weighted by Crippen LogP contribution is 2.42. The van der Waals surface area contributed by atoms with Crippen LogP contribution in [0.5, 0.6) is 0 Å². The van der Waals surface area contributed by atoms with Gasteiger partial charge in [0.05, 0.1) is 10.6 Å². The van der Waals surface area contributed by atoms with Crippen molar-refractivity contribution in [1.82, 2.24) is 10.2 Å². The summed E-state index contributed by atoms with van der Waals surface area (Å²) in [4.78, 5) is 14.1. The molecule has 1 aliphatic carbocycles. The van der Waals surface area contributed by atoms with Crippen LogP contribution in [0.15, 0.2) is 12.1 Å². The van der Waals surface area contributed by atoms with Crippen molar-refractivity contribution in [3.8, 4) is 0 Å². The summed E-state index contributed by atoms with van der Waals surface area (Å²) in [5.74, 6) is -0.307. The quantitative estimate of drug-likeness (QED) is 0.863. The standard InChI is InChI=1S/C15H18ClFN2O/c1-9-7-10(16)12(11(17)8-9)13-18-15(5-3-4-6-15)14(20)19(13)2/h7-8,13,18H,3-6H2,1-2H3. The van der Waals surface area contributed by atoms with E-state index in [1.807, 2.05) is 0 Å². The van der Waals surface area contributed by atoms with Crippen molar-refractivity contribution in [3.63, 3.8) is 0 Å². The van der Waals surface area contributed by atoms with E-state index >= 15 is 0 Å². The van der Waals surface area contributed by atoms with Crippen LogP contribution in [0.25, 0.3) is 0 Å². The fraction of sp³-hybridized carbons (Fsp3) is 0.533. The second-order valence-corrected chi connectivity index (χ2v) is 6.30. The molecule has 1 heterocycles. The fourth-order valence-electron chi connectivity index (χ4n) is 3.45. The molecule has 20 heavy (non-hydrogen) atoms. The van der Waals surface area contributed by atoms with Crippen molar-refractivity contribution < 1.29 is 9.18 Å². The molecule has 3 rings (SSSR count). The molecule has 0 radical (unpaired) electrons. The highest BCUT2D eigenvalue weighted by molar-refractivity contribution is 6.31. The maximum atomic E-state index is 14.3. The Morgan fingerprint density at radius 2 is 2.05 bits per heavy atom. The third-order valence-electron chi connectivity index (χ3n) is 4.48.